The average Bonchev–Trinajstić information content (AvgIpc) is 3.90. The largest absolute Gasteiger partial charge is 0.455 e. The number of nitrogens with zero attached hydrogens (tertiary/aromatic N) is 3. The maximum Gasteiger partial charge on any atom is 0.143 e. The van der Waals surface area contributed by atoms with Crippen molar-refractivity contribution < 1.29 is 4.42 Å². The number of anilines is 6. The van der Waals surface area contributed by atoms with Crippen molar-refractivity contribution in [3.05, 3.63) is 237 Å². The second-order valence-electron chi connectivity index (χ2n) is 15.7. The van der Waals surface area contributed by atoms with Gasteiger partial charge < -0.3 is 18.8 Å². The second-order valence-corrected chi connectivity index (χ2v) is 15.7. The van der Waals surface area contributed by atoms with E-state index in [1.165, 1.54) is 16.3 Å². The van der Waals surface area contributed by atoms with Crippen LogP contribution in [0, 0.1) is 0 Å². The van der Waals surface area contributed by atoms with Crippen molar-refractivity contribution in [2.45, 2.75) is 0 Å². The second kappa shape index (κ2) is 14.7. The van der Waals surface area contributed by atoms with E-state index in [0.29, 0.717) is 0 Å². The maximum absolute atomic E-state index is 6.53. The zero-order chi connectivity index (χ0) is 41.0. The topological polar surface area (TPSA) is 24.6 Å². The molecule has 0 N–H and O–H groups in total. The van der Waals surface area contributed by atoms with Gasteiger partial charge in [0.1, 0.15) is 11.2 Å². The maximum atomic E-state index is 6.53. The van der Waals surface area contributed by atoms with Crippen LogP contribution in [0.5, 0.6) is 0 Å². The summed E-state index contributed by atoms with van der Waals surface area (Å²) in [6.07, 6.45) is 0. The fraction of sp³-hybridized carbons (Fsp3) is 0. The minimum absolute atomic E-state index is 0.900. The van der Waals surface area contributed by atoms with Crippen LogP contribution >= 0.6 is 0 Å². The number of para-hydroxylation sites is 5. The molecule has 4 nitrogen and oxygen atoms in total. The fourth-order valence-corrected chi connectivity index (χ4v) is 9.33. The summed E-state index contributed by atoms with van der Waals surface area (Å²) in [5.41, 5.74) is 14.1. The predicted molar refractivity (Wildman–Crippen MR) is 260 cm³/mol. The van der Waals surface area contributed by atoms with E-state index in [1.807, 2.05) is 6.07 Å². The summed E-state index contributed by atoms with van der Waals surface area (Å²) in [6, 6.07) is 84.5. The molecular formula is C58H39N3O. The molecule has 0 fully saturated rings. The van der Waals surface area contributed by atoms with Crippen LogP contribution in [0.15, 0.2) is 241 Å². The minimum Gasteiger partial charge on any atom is -0.455 e. The quantitative estimate of drug-likeness (QED) is 0.153. The smallest absolute Gasteiger partial charge is 0.143 e. The van der Waals surface area contributed by atoms with Crippen molar-refractivity contribution in [1.82, 2.24) is 4.57 Å². The van der Waals surface area contributed by atoms with E-state index in [-0.39, 0.29) is 0 Å². The molecule has 2 heterocycles. The molecule has 12 rings (SSSR count). The van der Waals surface area contributed by atoms with E-state index in [2.05, 4.69) is 245 Å². The third-order valence-electron chi connectivity index (χ3n) is 12.1. The van der Waals surface area contributed by atoms with E-state index >= 15 is 0 Å². The van der Waals surface area contributed by atoms with Crippen molar-refractivity contribution >= 4 is 88.6 Å². The molecule has 0 aliphatic carbocycles. The summed E-state index contributed by atoms with van der Waals surface area (Å²) in [7, 11) is 0. The lowest BCUT2D eigenvalue weighted by molar-refractivity contribution is 0.673. The van der Waals surface area contributed by atoms with Gasteiger partial charge in [-0.2, -0.15) is 0 Å². The molecule has 0 unspecified atom stereocenters. The van der Waals surface area contributed by atoms with Crippen molar-refractivity contribution in [3.8, 4) is 16.8 Å². The molecule has 0 saturated carbocycles. The van der Waals surface area contributed by atoms with Gasteiger partial charge >= 0.3 is 0 Å². The Morgan fingerprint density at radius 2 is 0.823 bits per heavy atom. The van der Waals surface area contributed by atoms with Crippen LogP contribution in [0.25, 0.3) is 71.3 Å². The van der Waals surface area contributed by atoms with E-state index < -0.39 is 0 Å². The molecule has 0 saturated heterocycles. The van der Waals surface area contributed by atoms with Crippen LogP contribution in [0.4, 0.5) is 34.1 Å². The summed E-state index contributed by atoms with van der Waals surface area (Å²) in [6.45, 7) is 0. The Morgan fingerprint density at radius 1 is 0.339 bits per heavy atom. The predicted octanol–water partition coefficient (Wildman–Crippen LogP) is 16.4. The van der Waals surface area contributed by atoms with E-state index in [9.17, 15) is 0 Å². The van der Waals surface area contributed by atoms with Gasteiger partial charge in [0.25, 0.3) is 0 Å². The SMILES string of the molecule is c1ccc(N(c2ccc(-c3cc4ccccc4c4oc5ccccc5c34)cc2)c2ccc(N(c3ccccc3)c3ccc4c5ccccc5n(-c5ccccc5)c4c3)cc2)cc1. The zero-order valence-corrected chi connectivity index (χ0v) is 33.8. The summed E-state index contributed by atoms with van der Waals surface area (Å²) >= 11 is 0. The number of furan rings is 1. The van der Waals surface area contributed by atoms with Gasteiger partial charge in [0.2, 0.25) is 0 Å². The van der Waals surface area contributed by atoms with E-state index in [4.69, 9.17) is 4.42 Å². The first-order valence-electron chi connectivity index (χ1n) is 21.1. The van der Waals surface area contributed by atoms with Gasteiger partial charge in [-0.3, -0.25) is 0 Å². The van der Waals surface area contributed by atoms with Crippen molar-refractivity contribution in [1.29, 1.82) is 0 Å². The Kier molecular flexibility index (Phi) is 8.46. The fourth-order valence-electron chi connectivity index (χ4n) is 9.33. The molecular weight excluding hydrogens is 755 g/mol. The molecule has 0 aliphatic heterocycles. The molecule has 0 atom stereocenters. The Hall–Kier alpha value is -8.34. The standard InChI is InChI=1S/C58H39N3O/c1-4-17-42(18-5-1)59(45-30-28-40(29-31-45)53-38-41-16-10-11-23-49(41)58-57(53)52-25-13-15-27-56(52)62-58)46-32-34-47(35-33-46)60(43-19-6-2-7-20-43)48-36-37-51-50-24-12-14-26-54(50)61(55(51)39-48)44-21-8-3-9-22-44/h1-39H. The van der Waals surface area contributed by atoms with Gasteiger partial charge in [-0.1, -0.05) is 133 Å². The van der Waals surface area contributed by atoms with Crippen LogP contribution < -0.4 is 9.80 Å². The lowest BCUT2D eigenvalue weighted by atomic mass is 9.95. The highest BCUT2D eigenvalue weighted by molar-refractivity contribution is 6.21. The van der Waals surface area contributed by atoms with E-state index in [1.54, 1.807) is 0 Å². The summed E-state index contributed by atoms with van der Waals surface area (Å²) in [5.74, 6) is 0. The Bertz CT molecular complexity index is 3560. The first-order chi connectivity index (χ1) is 30.8. The van der Waals surface area contributed by atoms with Gasteiger partial charge in [0, 0.05) is 66.7 Å². The molecule has 10 aromatic carbocycles. The number of hydrogen-bond acceptors (Lipinski definition) is 3. The molecule has 0 spiro atoms. The number of aromatic nitrogens is 1. The van der Waals surface area contributed by atoms with Gasteiger partial charge in [0.05, 0.1) is 11.0 Å². The monoisotopic (exact) mass is 793 g/mol. The first-order valence-corrected chi connectivity index (χ1v) is 21.1. The van der Waals surface area contributed by atoms with Crippen LogP contribution in [-0.4, -0.2) is 4.57 Å². The zero-order valence-electron chi connectivity index (χ0n) is 33.8. The van der Waals surface area contributed by atoms with Crippen molar-refractivity contribution in [2.24, 2.45) is 0 Å². The molecule has 0 amide bonds. The molecule has 4 heteroatoms. The molecule has 0 bridgehead atoms. The molecule has 0 aliphatic rings. The molecule has 2 aromatic heterocycles. The summed E-state index contributed by atoms with van der Waals surface area (Å²) in [5, 5.41) is 7.02. The van der Waals surface area contributed by atoms with Gasteiger partial charge in [-0.15, -0.1) is 0 Å². The van der Waals surface area contributed by atoms with Gasteiger partial charge in [-0.25, -0.2) is 0 Å². The Labute approximate surface area is 359 Å². The highest BCUT2D eigenvalue weighted by atomic mass is 16.3. The Balaban J connectivity index is 0.958. The molecule has 292 valence electrons. The van der Waals surface area contributed by atoms with Crippen molar-refractivity contribution in [2.75, 3.05) is 9.80 Å². The number of benzene rings is 10. The molecule has 0 radical (unpaired) electrons. The van der Waals surface area contributed by atoms with E-state index in [0.717, 1.165) is 89.2 Å². The first kappa shape index (κ1) is 35.6. The van der Waals surface area contributed by atoms with Crippen molar-refractivity contribution in [3.63, 3.8) is 0 Å². The lowest BCUT2D eigenvalue weighted by Crippen LogP contribution is -2.12. The third kappa shape index (κ3) is 5.92. The highest BCUT2D eigenvalue weighted by Gasteiger charge is 2.20. The highest BCUT2D eigenvalue weighted by Crippen LogP contribution is 2.44. The number of hydrogen-bond donors (Lipinski definition) is 0. The van der Waals surface area contributed by atoms with Crippen LogP contribution in [0.2, 0.25) is 0 Å². The summed E-state index contributed by atoms with van der Waals surface area (Å²) < 4.78 is 8.91. The minimum atomic E-state index is 0.900. The lowest BCUT2D eigenvalue weighted by Gasteiger charge is -2.28. The summed E-state index contributed by atoms with van der Waals surface area (Å²) in [4.78, 5) is 4.68. The molecule has 12 aromatic rings. The number of rotatable bonds is 8. The van der Waals surface area contributed by atoms with Crippen LogP contribution in [0.3, 0.4) is 0 Å². The van der Waals surface area contributed by atoms with Gasteiger partial charge in [0.15, 0.2) is 0 Å². The average molecular weight is 794 g/mol. The van der Waals surface area contributed by atoms with Crippen LogP contribution in [0.1, 0.15) is 0 Å². The normalized spacial score (nSPS) is 11.5. The van der Waals surface area contributed by atoms with Crippen LogP contribution in [-0.2, 0) is 0 Å². The third-order valence-corrected chi connectivity index (χ3v) is 12.1. The Morgan fingerprint density at radius 3 is 1.50 bits per heavy atom. The number of fused-ring (bicyclic) bond motifs is 8. The van der Waals surface area contributed by atoms with Gasteiger partial charge in [-0.05, 0) is 120 Å². The molecule has 62 heavy (non-hydrogen) atoms.